The topological polar surface area (TPSA) is 60.9 Å². The van der Waals surface area contributed by atoms with Crippen molar-refractivity contribution in [2.45, 2.75) is 20.0 Å². The van der Waals surface area contributed by atoms with Crippen LogP contribution in [-0.2, 0) is 21.0 Å². The lowest BCUT2D eigenvalue weighted by molar-refractivity contribution is -0.137. The van der Waals surface area contributed by atoms with Crippen LogP contribution in [0, 0.1) is 13.8 Å². The van der Waals surface area contributed by atoms with Crippen molar-refractivity contribution in [3.63, 3.8) is 0 Å². The van der Waals surface area contributed by atoms with E-state index in [1.807, 2.05) is 32.0 Å². The summed E-state index contributed by atoms with van der Waals surface area (Å²) >= 11 is 6.03. The second kappa shape index (κ2) is 9.42. The Bertz CT molecular complexity index is 1150. The standard InChI is InChI=1S/C22H25ClF3N3O3S/c1-15-5-4-6-19(16(15)2)27-9-11-28(12-10-27)21(30)14-29(33(3,31)32)20-13-17(22(24,25)26)7-8-18(20)23/h4-8,13H,9-12,14H2,1-3H3. The Morgan fingerprint density at radius 3 is 2.30 bits per heavy atom. The molecule has 0 N–H and O–H groups in total. The maximum atomic E-state index is 13.2. The van der Waals surface area contributed by atoms with Gasteiger partial charge in [0.25, 0.3) is 0 Å². The number of carbonyl (C=O) groups excluding carboxylic acids is 1. The van der Waals surface area contributed by atoms with Gasteiger partial charge in [-0.1, -0.05) is 23.7 Å². The fourth-order valence-electron chi connectivity index (χ4n) is 3.76. The van der Waals surface area contributed by atoms with Gasteiger partial charge in [0.2, 0.25) is 15.9 Å². The summed E-state index contributed by atoms with van der Waals surface area (Å²) in [5.74, 6) is -0.505. The zero-order valence-electron chi connectivity index (χ0n) is 18.5. The van der Waals surface area contributed by atoms with Crippen LogP contribution in [0.1, 0.15) is 16.7 Å². The van der Waals surface area contributed by atoms with E-state index in [0.717, 1.165) is 35.2 Å². The number of carbonyl (C=O) groups is 1. The number of halogens is 4. The van der Waals surface area contributed by atoms with Crippen LogP contribution < -0.4 is 9.21 Å². The summed E-state index contributed by atoms with van der Waals surface area (Å²) < 4.78 is 64.8. The van der Waals surface area contributed by atoms with E-state index >= 15 is 0 Å². The molecule has 33 heavy (non-hydrogen) atoms. The average Bonchev–Trinajstić information content (AvgIpc) is 2.73. The van der Waals surface area contributed by atoms with Gasteiger partial charge in [-0.3, -0.25) is 9.10 Å². The Hall–Kier alpha value is -2.46. The third-order valence-corrected chi connectivity index (χ3v) is 7.22. The number of hydrogen-bond acceptors (Lipinski definition) is 4. The largest absolute Gasteiger partial charge is 0.416 e. The predicted octanol–water partition coefficient (Wildman–Crippen LogP) is 4.09. The molecule has 1 fully saturated rings. The Labute approximate surface area is 196 Å². The van der Waals surface area contributed by atoms with Crippen LogP contribution in [-0.4, -0.2) is 58.2 Å². The molecule has 0 spiro atoms. The summed E-state index contributed by atoms with van der Waals surface area (Å²) in [5, 5.41) is -0.194. The number of sulfonamides is 1. The number of alkyl halides is 3. The first kappa shape index (κ1) is 25.2. The number of piperazine rings is 1. The van der Waals surface area contributed by atoms with Crippen LogP contribution in [0.3, 0.4) is 0 Å². The fraction of sp³-hybridized carbons (Fsp3) is 0.409. The number of hydrogen-bond donors (Lipinski definition) is 0. The second-order valence-electron chi connectivity index (χ2n) is 8.02. The van der Waals surface area contributed by atoms with Crippen LogP contribution in [0.2, 0.25) is 5.02 Å². The van der Waals surface area contributed by atoms with Crippen molar-refractivity contribution in [3.8, 4) is 0 Å². The van der Waals surface area contributed by atoms with Gasteiger partial charge in [0.05, 0.1) is 22.5 Å². The number of aryl methyl sites for hydroxylation is 1. The summed E-state index contributed by atoms with van der Waals surface area (Å²) in [5.41, 5.74) is 1.96. The molecule has 0 bridgehead atoms. The Balaban J connectivity index is 1.77. The van der Waals surface area contributed by atoms with Crippen molar-refractivity contribution in [3.05, 3.63) is 58.1 Å². The molecule has 180 valence electrons. The molecule has 1 saturated heterocycles. The number of benzene rings is 2. The number of nitrogens with zero attached hydrogens (tertiary/aromatic N) is 3. The summed E-state index contributed by atoms with van der Waals surface area (Å²) in [4.78, 5) is 16.6. The van der Waals surface area contributed by atoms with E-state index in [9.17, 15) is 26.4 Å². The molecule has 0 atom stereocenters. The number of amides is 1. The second-order valence-corrected chi connectivity index (χ2v) is 10.3. The highest BCUT2D eigenvalue weighted by molar-refractivity contribution is 7.92. The van der Waals surface area contributed by atoms with Gasteiger partial charge in [-0.15, -0.1) is 0 Å². The number of anilines is 2. The normalized spacial score (nSPS) is 15.0. The van der Waals surface area contributed by atoms with Crippen LogP contribution >= 0.6 is 11.6 Å². The molecule has 0 radical (unpaired) electrons. The molecule has 0 saturated carbocycles. The molecular weight excluding hydrogens is 479 g/mol. The highest BCUT2D eigenvalue weighted by Crippen LogP contribution is 2.36. The van der Waals surface area contributed by atoms with Crippen molar-refractivity contribution in [2.24, 2.45) is 0 Å². The molecule has 2 aromatic rings. The summed E-state index contributed by atoms with van der Waals surface area (Å²) in [6.07, 6.45) is -3.86. The summed E-state index contributed by atoms with van der Waals surface area (Å²) in [6.45, 7) is 5.25. The molecule has 2 aromatic carbocycles. The zero-order chi connectivity index (χ0) is 24.6. The van der Waals surface area contributed by atoms with E-state index in [0.29, 0.717) is 36.6 Å². The molecule has 0 aromatic heterocycles. The van der Waals surface area contributed by atoms with E-state index < -0.39 is 34.2 Å². The SMILES string of the molecule is Cc1cccc(N2CCN(C(=O)CN(c3cc(C(F)(F)F)ccc3Cl)S(C)(=O)=O)CC2)c1C. The van der Waals surface area contributed by atoms with Crippen LogP contribution in [0.15, 0.2) is 36.4 Å². The van der Waals surface area contributed by atoms with Crippen LogP contribution in [0.5, 0.6) is 0 Å². The highest BCUT2D eigenvalue weighted by Gasteiger charge is 2.34. The monoisotopic (exact) mass is 503 g/mol. The van der Waals surface area contributed by atoms with E-state index in [4.69, 9.17) is 11.6 Å². The molecule has 1 heterocycles. The first-order valence-corrected chi connectivity index (χ1v) is 12.4. The van der Waals surface area contributed by atoms with Gasteiger partial charge in [-0.2, -0.15) is 13.2 Å². The van der Waals surface area contributed by atoms with E-state index in [1.54, 1.807) is 0 Å². The van der Waals surface area contributed by atoms with Crippen LogP contribution in [0.4, 0.5) is 24.5 Å². The Morgan fingerprint density at radius 2 is 1.73 bits per heavy atom. The highest BCUT2D eigenvalue weighted by atomic mass is 35.5. The molecule has 0 aliphatic carbocycles. The van der Waals surface area contributed by atoms with E-state index in [1.165, 1.54) is 4.90 Å². The lowest BCUT2D eigenvalue weighted by Gasteiger charge is -2.38. The van der Waals surface area contributed by atoms with Gasteiger partial charge in [0.1, 0.15) is 6.54 Å². The third kappa shape index (κ3) is 5.73. The van der Waals surface area contributed by atoms with Gasteiger partial charge in [-0.05, 0) is 49.2 Å². The predicted molar refractivity (Wildman–Crippen MR) is 123 cm³/mol. The minimum absolute atomic E-state index is 0.194. The molecule has 1 aliphatic rings. The Morgan fingerprint density at radius 1 is 1.09 bits per heavy atom. The smallest absolute Gasteiger partial charge is 0.368 e. The van der Waals surface area contributed by atoms with E-state index in [2.05, 4.69) is 4.90 Å². The maximum Gasteiger partial charge on any atom is 0.416 e. The third-order valence-electron chi connectivity index (χ3n) is 5.77. The number of rotatable bonds is 5. The molecule has 1 amide bonds. The first-order chi connectivity index (χ1) is 15.3. The van der Waals surface area contributed by atoms with Gasteiger partial charge in [-0.25, -0.2) is 8.42 Å². The fourth-order valence-corrected chi connectivity index (χ4v) is 4.88. The van der Waals surface area contributed by atoms with Crippen molar-refractivity contribution in [1.82, 2.24) is 4.90 Å². The van der Waals surface area contributed by atoms with Crippen molar-refractivity contribution < 1.29 is 26.4 Å². The minimum Gasteiger partial charge on any atom is -0.368 e. The Kier molecular flexibility index (Phi) is 7.18. The molecule has 11 heteroatoms. The lowest BCUT2D eigenvalue weighted by Crippen LogP contribution is -2.52. The van der Waals surface area contributed by atoms with Gasteiger partial charge in [0, 0.05) is 31.9 Å². The van der Waals surface area contributed by atoms with Crippen LogP contribution in [0.25, 0.3) is 0 Å². The molecule has 1 aliphatic heterocycles. The summed E-state index contributed by atoms with van der Waals surface area (Å²) in [6, 6.07) is 8.40. The molecule has 0 unspecified atom stereocenters. The first-order valence-electron chi connectivity index (χ1n) is 10.2. The zero-order valence-corrected chi connectivity index (χ0v) is 20.1. The van der Waals surface area contributed by atoms with Crippen molar-refractivity contribution in [1.29, 1.82) is 0 Å². The van der Waals surface area contributed by atoms with Gasteiger partial charge < -0.3 is 9.80 Å². The van der Waals surface area contributed by atoms with Crippen molar-refractivity contribution in [2.75, 3.05) is 48.2 Å². The lowest BCUT2D eigenvalue weighted by atomic mass is 10.1. The minimum atomic E-state index is -4.68. The van der Waals surface area contributed by atoms with Gasteiger partial charge >= 0.3 is 6.18 Å². The average molecular weight is 504 g/mol. The maximum absolute atomic E-state index is 13.2. The summed E-state index contributed by atoms with van der Waals surface area (Å²) in [7, 11) is -4.08. The molecule has 3 rings (SSSR count). The van der Waals surface area contributed by atoms with E-state index in [-0.39, 0.29) is 10.7 Å². The van der Waals surface area contributed by atoms with Gasteiger partial charge in [0.15, 0.2) is 0 Å². The molecule has 6 nitrogen and oxygen atoms in total. The van der Waals surface area contributed by atoms with Crippen molar-refractivity contribution >= 4 is 38.9 Å². The quantitative estimate of drug-likeness (QED) is 0.616. The molecular formula is C22H25ClF3N3O3S.